The molecular weight excluding hydrogens is 389 g/mol. The minimum atomic E-state index is -1.70. The summed E-state index contributed by atoms with van der Waals surface area (Å²) in [6, 6.07) is 27.4. The second kappa shape index (κ2) is 9.94. The first-order chi connectivity index (χ1) is 12.4. The molecule has 0 nitrogen and oxygen atoms in total. The van der Waals surface area contributed by atoms with E-state index in [1.807, 2.05) is 0 Å². The zero-order chi connectivity index (χ0) is 19.1. The van der Waals surface area contributed by atoms with Gasteiger partial charge in [-0.25, -0.2) is 0 Å². The van der Waals surface area contributed by atoms with Crippen molar-refractivity contribution in [2.45, 2.75) is 40.4 Å². The van der Waals surface area contributed by atoms with E-state index in [0.29, 0.717) is 0 Å². The Balaban J connectivity index is 0.000000552. The van der Waals surface area contributed by atoms with Gasteiger partial charge in [-0.05, 0) is 0 Å². The first-order valence-corrected chi connectivity index (χ1v) is 15.4. The van der Waals surface area contributed by atoms with Gasteiger partial charge in [-0.15, -0.1) is 0 Å². The molecule has 0 saturated carbocycles. The van der Waals surface area contributed by atoms with Gasteiger partial charge < -0.3 is 0 Å². The van der Waals surface area contributed by atoms with Gasteiger partial charge >= 0.3 is 138 Å². The summed E-state index contributed by atoms with van der Waals surface area (Å²) in [5, 5.41) is 0. The molecule has 0 spiro atoms. The van der Waals surface area contributed by atoms with Crippen LogP contribution in [0.5, 0.6) is 0 Å². The average Bonchev–Trinajstić information content (AvgIpc) is 2.60. The minimum absolute atomic E-state index is 0.120. The molecule has 0 heterocycles. The van der Waals surface area contributed by atoms with Crippen LogP contribution in [0.4, 0.5) is 0 Å². The average molecular weight is 419 g/mol. The van der Waals surface area contributed by atoms with Gasteiger partial charge in [0.15, 0.2) is 0 Å². The van der Waals surface area contributed by atoms with Crippen molar-refractivity contribution in [3.8, 4) is 0 Å². The van der Waals surface area contributed by atoms with Crippen LogP contribution < -0.4 is 13.2 Å². The first-order valence-electron chi connectivity index (χ1n) is 9.21. The van der Waals surface area contributed by atoms with Crippen LogP contribution in [-0.4, -0.2) is 23.1 Å². The molecule has 0 aliphatic heterocycles. The fourth-order valence-corrected chi connectivity index (χ4v) is 7.91. The predicted octanol–water partition coefficient (Wildman–Crippen LogP) is 4.50. The van der Waals surface area contributed by atoms with E-state index in [1.54, 1.807) is 0 Å². The molecule has 0 unspecified atom stereocenters. The topological polar surface area (TPSA) is 0 Å². The molecule has 0 aliphatic rings. The van der Waals surface area contributed by atoms with Gasteiger partial charge in [-0.2, -0.15) is 0 Å². The molecule has 134 valence electrons. The molecule has 0 N–H and O–H groups in total. The second-order valence-electron chi connectivity index (χ2n) is 7.47. The van der Waals surface area contributed by atoms with E-state index in [4.69, 9.17) is 0 Å². The Morgan fingerprint density at radius 2 is 0.654 bits per heavy atom. The quantitative estimate of drug-likeness (QED) is 0.549. The van der Waals surface area contributed by atoms with E-state index < -0.39 is 14.3 Å². The Morgan fingerprint density at radius 1 is 0.462 bits per heavy atom. The number of aryl methyl sites for hydroxylation is 3. The Labute approximate surface area is 166 Å². The van der Waals surface area contributed by atoms with Crippen LogP contribution in [0.15, 0.2) is 72.8 Å². The summed E-state index contributed by atoms with van der Waals surface area (Å²) in [4.78, 5) is 0. The van der Waals surface area contributed by atoms with Gasteiger partial charge in [0.2, 0.25) is 0 Å². The monoisotopic (exact) mass is 420 g/mol. The van der Waals surface area contributed by atoms with E-state index in [1.165, 1.54) is 29.9 Å². The number of benzene rings is 3. The summed E-state index contributed by atoms with van der Waals surface area (Å²) < 4.78 is 4.54. The summed E-state index contributed by atoms with van der Waals surface area (Å²) in [6.45, 7) is 13.3. The normalized spacial score (nSPS) is 10.6. The Hall–Kier alpha value is -1.58. The molecule has 0 amide bonds. The molecule has 3 aromatic carbocycles. The van der Waals surface area contributed by atoms with Crippen LogP contribution in [0.2, 0.25) is 19.6 Å². The fourth-order valence-electron chi connectivity index (χ4n) is 2.66. The standard InChI is InChI=1S/C21H21Ge.C3H9Si/c1-16-4-10-19(11-5-16)22(20-12-6-17(2)7-13-20)21-14-8-18(3)9-15-21;1-4(2)3/h4-15H,1-3H3;1-3H3. The van der Waals surface area contributed by atoms with Crippen LogP contribution in [0.25, 0.3) is 0 Å². The number of hydrogen-bond acceptors (Lipinski definition) is 0. The summed E-state index contributed by atoms with van der Waals surface area (Å²) in [7, 11) is 0.120. The van der Waals surface area contributed by atoms with Gasteiger partial charge in [-0.3, -0.25) is 0 Å². The molecule has 0 fully saturated rings. The molecule has 3 rings (SSSR count). The second-order valence-corrected chi connectivity index (χ2v) is 15.7. The van der Waals surface area contributed by atoms with Crippen molar-refractivity contribution in [2.24, 2.45) is 0 Å². The maximum atomic E-state index is 2.32. The number of rotatable bonds is 3. The Morgan fingerprint density at radius 3 is 0.846 bits per heavy atom. The molecule has 2 radical (unpaired) electrons. The molecule has 0 bridgehead atoms. The molecular formula is C24H30GeSi. The van der Waals surface area contributed by atoms with Crippen molar-refractivity contribution in [1.29, 1.82) is 0 Å². The Kier molecular flexibility index (Phi) is 7.92. The van der Waals surface area contributed by atoms with Gasteiger partial charge in [0.25, 0.3) is 0 Å². The van der Waals surface area contributed by atoms with Crippen molar-refractivity contribution in [3.63, 3.8) is 0 Å². The van der Waals surface area contributed by atoms with Crippen LogP contribution in [0.3, 0.4) is 0 Å². The fraction of sp³-hybridized carbons (Fsp3) is 0.250. The maximum absolute atomic E-state index is 2.32. The van der Waals surface area contributed by atoms with Crippen molar-refractivity contribution >= 4 is 36.3 Å². The van der Waals surface area contributed by atoms with Gasteiger partial charge in [0, 0.05) is 8.80 Å². The van der Waals surface area contributed by atoms with E-state index in [9.17, 15) is 0 Å². The zero-order valence-electron chi connectivity index (χ0n) is 16.9. The SMILES string of the molecule is C[Si](C)C.Cc1cc[c]([Ge]([c]2ccc(C)cc2)[c]2ccc(C)cc2)cc1. The van der Waals surface area contributed by atoms with Gasteiger partial charge in [0.1, 0.15) is 0 Å². The van der Waals surface area contributed by atoms with Crippen molar-refractivity contribution in [2.75, 3.05) is 0 Å². The molecule has 0 saturated heterocycles. The third-order valence-electron chi connectivity index (χ3n) is 4.02. The predicted molar refractivity (Wildman–Crippen MR) is 122 cm³/mol. The van der Waals surface area contributed by atoms with Crippen LogP contribution in [0, 0.1) is 20.8 Å². The molecule has 2 heteroatoms. The molecule has 0 aliphatic carbocycles. The van der Waals surface area contributed by atoms with E-state index in [0.717, 1.165) is 0 Å². The summed E-state index contributed by atoms with van der Waals surface area (Å²) in [5.74, 6) is 0. The zero-order valence-corrected chi connectivity index (χ0v) is 20.0. The van der Waals surface area contributed by atoms with Gasteiger partial charge in [-0.1, -0.05) is 19.6 Å². The summed E-state index contributed by atoms with van der Waals surface area (Å²) >= 11 is -1.70. The number of hydrogen-bond donors (Lipinski definition) is 0. The Bertz CT molecular complexity index is 676. The van der Waals surface area contributed by atoms with E-state index in [2.05, 4.69) is 113 Å². The summed E-state index contributed by atoms with van der Waals surface area (Å²) in [6.07, 6.45) is 0. The summed E-state index contributed by atoms with van der Waals surface area (Å²) in [5.41, 5.74) is 3.98. The van der Waals surface area contributed by atoms with E-state index in [-0.39, 0.29) is 8.80 Å². The third-order valence-corrected chi connectivity index (χ3v) is 9.75. The van der Waals surface area contributed by atoms with Crippen LogP contribution >= 0.6 is 0 Å². The molecule has 0 atom stereocenters. The van der Waals surface area contributed by atoms with Crippen molar-refractivity contribution < 1.29 is 0 Å². The first kappa shape index (κ1) is 20.7. The third kappa shape index (κ3) is 6.30. The van der Waals surface area contributed by atoms with Crippen LogP contribution in [-0.2, 0) is 0 Å². The van der Waals surface area contributed by atoms with Crippen molar-refractivity contribution in [1.82, 2.24) is 0 Å². The van der Waals surface area contributed by atoms with Crippen LogP contribution in [0.1, 0.15) is 16.7 Å². The molecule has 26 heavy (non-hydrogen) atoms. The molecule has 3 aromatic rings. The molecule has 0 aromatic heterocycles. The van der Waals surface area contributed by atoms with E-state index >= 15 is 0 Å². The van der Waals surface area contributed by atoms with Crippen molar-refractivity contribution in [3.05, 3.63) is 89.5 Å². The van der Waals surface area contributed by atoms with Gasteiger partial charge in [0.05, 0.1) is 0 Å².